The van der Waals surface area contributed by atoms with Crippen molar-refractivity contribution in [1.29, 1.82) is 0 Å². The van der Waals surface area contributed by atoms with Crippen molar-refractivity contribution < 1.29 is 13.2 Å². The Balaban J connectivity index is 1.71. The van der Waals surface area contributed by atoms with E-state index in [9.17, 15) is 13.2 Å². The van der Waals surface area contributed by atoms with Gasteiger partial charge in [0.1, 0.15) is 0 Å². The monoisotopic (exact) mass is 442 g/mol. The number of piperazine rings is 1. The molecule has 0 N–H and O–H groups in total. The molecule has 0 bridgehead atoms. The van der Waals surface area contributed by atoms with Crippen molar-refractivity contribution in [1.82, 2.24) is 9.21 Å². The number of nitrogens with zero attached hydrogens (tertiary/aromatic N) is 2. The highest BCUT2D eigenvalue weighted by molar-refractivity contribution is 9.10. The first-order valence-corrected chi connectivity index (χ1v) is 11.0. The second-order valence-corrected chi connectivity index (χ2v) is 10.3. The number of sulfonamides is 1. The zero-order valence-electron chi connectivity index (χ0n) is 14.0. The van der Waals surface area contributed by atoms with E-state index in [0.717, 1.165) is 14.2 Å². The summed E-state index contributed by atoms with van der Waals surface area (Å²) in [5, 5.41) is 0. The van der Waals surface area contributed by atoms with E-state index in [-0.39, 0.29) is 5.91 Å². The van der Waals surface area contributed by atoms with E-state index in [1.807, 2.05) is 26.0 Å². The molecule has 0 aliphatic carbocycles. The number of halogens is 1. The molecule has 1 aromatic heterocycles. The van der Waals surface area contributed by atoms with Gasteiger partial charge in [0.15, 0.2) is 0 Å². The quantitative estimate of drug-likeness (QED) is 0.732. The van der Waals surface area contributed by atoms with Crippen molar-refractivity contribution in [2.75, 3.05) is 26.2 Å². The van der Waals surface area contributed by atoms with Crippen LogP contribution in [0.4, 0.5) is 0 Å². The fourth-order valence-electron chi connectivity index (χ4n) is 2.94. The average molecular weight is 443 g/mol. The van der Waals surface area contributed by atoms with Crippen LogP contribution >= 0.6 is 27.3 Å². The Labute approximate surface area is 160 Å². The van der Waals surface area contributed by atoms with Gasteiger partial charge in [-0.1, -0.05) is 22.0 Å². The second-order valence-electron chi connectivity index (χ2n) is 5.98. The molecule has 3 rings (SSSR count). The highest BCUT2D eigenvalue weighted by Gasteiger charge is 2.32. The Morgan fingerprint density at radius 2 is 1.80 bits per heavy atom. The number of rotatable bonds is 3. The van der Waals surface area contributed by atoms with Gasteiger partial charge >= 0.3 is 0 Å². The number of carbonyl (C=O) groups excluding carboxylic acids is 1. The van der Waals surface area contributed by atoms with Crippen molar-refractivity contribution in [3.8, 4) is 0 Å². The molecular formula is C17H19BrN2O3S2. The fourth-order valence-corrected chi connectivity index (χ4v) is 6.28. The lowest BCUT2D eigenvalue weighted by Gasteiger charge is -2.34. The van der Waals surface area contributed by atoms with Crippen molar-refractivity contribution >= 4 is 43.2 Å². The third kappa shape index (κ3) is 3.81. The zero-order valence-corrected chi connectivity index (χ0v) is 17.2. The standard InChI is InChI=1S/C17H19BrN2O3S2/c1-12-10-16(13(2)24-12)25(22,23)20-8-6-19(7-9-20)17(21)14-4-3-5-15(18)11-14/h3-5,10-11H,6-9H2,1-2H3. The van der Waals surface area contributed by atoms with E-state index in [1.165, 1.54) is 15.6 Å². The third-order valence-electron chi connectivity index (χ3n) is 4.21. The first kappa shape index (κ1) is 18.6. The highest BCUT2D eigenvalue weighted by Crippen LogP contribution is 2.28. The van der Waals surface area contributed by atoms with Crippen LogP contribution in [0.5, 0.6) is 0 Å². The molecule has 1 saturated heterocycles. The highest BCUT2D eigenvalue weighted by atomic mass is 79.9. The van der Waals surface area contributed by atoms with Crippen molar-refractivity contribution in [2.45, 2.75) is 18.7 Å². The summed E-state index contributed by atoms with van der Waals surface area (Å²) >= 11 is 4.86. The molecule has 134 valence electrons. The lowest BCUT2D eigenvalue weighted by Crippen LogP contribution is -2.50. The summed E-state index contributed by atoms with van der Waals surface area (Å²) in [5.74, 6) is -0.0686. The predicted molar refractivity (Wildman–Crippen MR) is 103 cm³/mol. The summed E-state index contributed by atoms with van der Waals surface area (Å²) in [7, 11) is -3.49. The molecule has 1 aliphatic rings. The van der Waals surface area contributed by atoms with E-state index in [1.54, 1.807) is 23.1 Å². The predicted octanol–water partition coefficient (Wildman–Crippen LogP) is 3.27. The molecule has 0 atom stereocenters. The molecule has 5 nitrogen and oxygen atoms in total. The summed E-state index contributed by atoms with van der Waals surface area (Å²) in [5.41, 5.74) is 0.606. The van der Waals surface area contributed by atoms with Gasteiger partial charge in [-0.15, -0.1) is 11.3 Å². The first-order valence-electron chi connectivity index (χ1n) is 7.91. The molecule has 0 saturated carbocycles. The maximum Gasteiger partial charge on any atom is 0.253 e. The minimum Gasteiger partial charge on any atom is -0.336 e. The molecule has 1 fully saturated rings. The molecule has 2 aromatic rings. The van der Waals surface area contributed by atoms with Gasteiger partial charge in [0.25, 0.3) is 5.91 Å². The first-order chi connectivity index (χ1) is 11.8. The number of aryl methyl sites for hydroxylation is 2. The summed E-state index contributed by atoms with van der Waals surface area (Å²) in [4.78, 5) is 16.5. The Hall–Kier alpha value is -1.22. The summed E-state index contributed by atoms with van der Waals surface area (Å²) in [6.07, 6.45) is 0. The number of amides is 1. The molecule has 0 spiro atoms. The molecule has 1 aliphatic heterocycles. The van der Waals surface area contributed by atoms with Gasteiger partial charge in [-0.05, 0) is 38.1 Å². The van der Waals surface area contributed by atoms with Crippen molar-refractivity contribution in [3.63, 3.8) is 0 Å². The molecule has 1 amide bonds. The average Bonchev–Trinajstić information content (AvgIpc) is 2.93. The Morgan fingerprint density at radius 3 is 2.36 bits per heavy atom. The van der Waals surface area contributed by atoms with Crippen LogP contribution in [0.15, 0.2) is 39.7 Å². The summed E-state index contributed by atoms with van der Waals surface area (Å²) < 4.78 is 28.0. The molecular weight excluding hydrogens is 424 g/mol. The molecule has 25 heavy (non-hydrogen) atoms. The molecule has 2 heterocycles. The van der Waals surface area contributed by atoms with Crippen LogP contribution in [-0.2, 0) is 10.0 Å². The maximum atomic E-state index is 12.8. The number of thiophene rings is 1. The van der Waals surface area contributed by atoms with Gasteiger partial charge in [-0.25, -0.2) is 8.42 Å². The van der Waals surface area contributed by atoms with Crippen LogP contribution < -0.4 is 0 Å². The van der Waals surface area contributed by atoms with Crippen LogP contribution in [0.2, 0.25) is 0 Å². The Morgan fingerprint density at radius 1 is 1.12 bits per heavy atom. The summed E-state index contributed by atoms with van der Waals surface area (Å²) in [6, 6.07) is 8.97. The van der Waals surface area contributed by atoms with Gasteiger partial charge in [0, 0.05) is 46.0 Å². The minimum atomic E-state index is -3.49. The largest absolute Gasteiger partial charge is 0.336 e. The SMILES string of the molecule is Cc1cc(S(=O)(=O)N2CCN(C(=O)c3cccc(Br)c3)CC2)c(C)s1. The second kappa shape index (κ2) is 7.19. The van der Waals surface area contributed by atoms with Crippen LogP contribution in [-0.4, -0.2) is 49.7 Å². The molecule has 8 heteroatoms. The van der Waals surface area contributed by atoms with Crippen LogP contribution in [0.3, 0.4) is 0 Å². The topological polar surface area (TPSA) is 57.7 Å². The van der Waals surface area contributed by atoms with Gasteiger partial charge < -0.3 is 4.90 Å². The molecule has 0 unspecified atom stereocenters. The van der Waals surface area contributed by atoms with E-state index < -0.39 is 10.0 Å². The molecule has 1 aromatic carbocycles. The lowest BCUT2D eigenvalue weighted by molar-refractivity contribution is 0.0698. The molecule has 0 radical (unpaired) electrons. The van der Waals surface area contributed by atoms with E-state index >= 15 is 0 Å². The third-order valence-corrected chi connectivity index (χ3v) is 7.82. The van der Waals surface area contributed by atoms with Gasteiger partial charge in [-0.3, -0.25) is 4.79 Å². The number of carbonyl (C=O) groups is 1. The van der Waals surface area contributed by atoms with Crippen molar-refractivity contribution in [3.05, 3.63) is 50.1 Å². The lowest BCUT2D eigenvalue weighted by atomic mass is 10.2. The Kier molecular flexibility index (Phi) is 5.34. The maximum absolute atomic E-state index is 12.8. The van der Waals surface area contributed by atoms with Gasteiger partial charge in [0.05, 0.1) is 4.90 Å². The van der Waals surface area contributed by atoms with Gasteiger partial charge in [-0.2, -0.15) is 4.31 Å². The van der Waals surface area contributed by atoms with E-state index in [4.69, 9.17) is 0 Å². The smallest absolute Gasteiger partial charge is 0.253 e. The summed E-state index contributed by atoms with van der Waals surface area (Å²) in [6.45, 7) is 5.16. The van der Waals surface area contributed by atoms with Crippen LogP contribution in [0, 0.1) is 13.8 Å². The normalized spacial score (nSPS) is 16.2. The van der Waals surface area contributed by atoms with Crippen LogP contribution in [0.25, 0.3) is 0 Å². The number of benzene rings is 1. The zero-order chi connectivity index (χ0) is 18.2. The van der Waals surface area contributed by atoms with Crippen LogP contribution in [0.1, 0.15) is 20.1 Å². The van der Waals surface area contributed by atoms with Crippen molar-refractivity contribution in [2.24, 2.45) is 0 Å². The number of hydrogen-bond donors (Lipinski definition) is 0. The van der Waals surface area contributed by atoms with Gasteiger partial charge in [0.2, 0.25) is 10.0 Å². The fraction of sp³-hybridized carbons (Fsp3) is 0.353. The van der Waals surface area contributed by atoms with E-state index in [0.29, 0.717) is 36.6 Å². The Bertz CT molecular complexity index is 900. The number of hydrogen-bond acceptors (Lipinski definition) is 4. The minimum absolute atomic E-state index is 0.0686. The van der Waals surface area contributed by atoms with E-state index in [2.05, 4.69) is 15.9 Å².